The van der Waals surface area contributed by atoms with Gasteiger partial charge in [0.05, 0.1) is 39.2 Å². The van der Waals surface area contributed by atoms with Crippen molar-refractivity contribution in [1.82, 2.24) is 0 Å². The Bertz CT molecular complexity index is 367. The van der Waals surface area contributed by atoms with Gasteiger partial charge in [-0.05, 0) is 12.5 Å². The summed E-state index contributed by atoms with van der Waals surface area (Å²) in [5.41, 5.74) is 6.31. The molecule has 5 heteroatoms. The quantitative estimate of drug-likeness (QED) is 0.616. The first-order valence-corrected chi connectivity index (χ1v) is 5.81. The average Bonchev–Trinajstić information content (AvgIpc) is 2.36. The van der Waals surface area contributed by atoms with Gasteiger partial charge in [0, 0.05) is 0 Å². The molecule has 0 aliphatic carbocycles. The first-order chi connectivity index (χ1) is 8.15. The van der Waals surface area contributed by atoms with Crippen LogP contribution in [0, 0.1) is 6.92 Å². The standard InChI is InChI=1S/C12H13B5/c1-7-8(2-13)10(4-15)12(6-17)11(5-16)9(7)3-14/h2-6H2,1H3. The fraction of sp³-hybridized carbons (Fsp3) is 0.500. The lowest BCUT2D eigenvalue weighted by Gasteiger charge is -2.24. The van der Waals surface area contributed by atoms with Crippen molar-refractivity contribution >= 4 is 39.2 Å². The van der Waals surface area contributed by atoms with Crippen molar-refractivity contribution in [3.8, 4) is 0 Å². The van der Waals surface area contributed by atoms with E-state index in [4.69, 9.17) is 39.2 Å². The zero-order valence-corrected chi connectivity index (χ0v) is 10.4. The molecule has 0 bridgehead atoms. The summed E-state index contributed by atoms with van der Waals surface area (Å²) in [5.74, 6) is 0. The van der Waals surface area contributed by atoms with Crippen molar-refractivity contribution in [2.75, 3.05) is 0 Å². The van der Waals surface area contributed by atoms with Gasteiger partial charge in [-0.25, -0.2) is 0 Å². The summed E-state index contributed by atoms with van der Waals surface area (Å²) >= 11 is 0. The third kappa shape index (κ3) is 2.53. The van der Waals surface area contributed by atoms with Gasteiger partial charge < -0.3 is 0 Å². The smallest absolute Gasteiger partial charge is 0.0638 e. The minimum atomic E-state index is 0.416. The predicted octanol–water partition coefficient (Wildman–Crippen LogP) is 0.338. The third-order valence-electron chi connectivity index (χ3n) is 3.38. The van der Waals surface area contributed by atoms with Crippen LogP contribution in [-0.2, 0) is 31.6 Å². The van der Waals surface area contributed by atoms with E-state index >= 15 is 0 Å². The van der Waals surface area contributed by atoms with Gasteiger partial charge in [-0.15, -0.1) is 0 Å². The van der Waals surface area contributed by atoms with Crippen molar-refractivity contribution in [1.29, 1.82) is 0 Å². The highest BCUT2D eigenvalue weighted by atomic mass is 14.2. The van der Waals surface area contributed by atoms with E-state index in [0.717, 1.165) is 33.4 Å². The molecule has 0 fully saturated rings. The molecule has 10 radical (unpaired) electrons. The van der Waals surface area contributed by atoms with Crippen LogP contribution in [0.1, 0.15) is 33.4 Å². The van der Waals surface area contributed by atoms with Crippen LogP contribution in [0.4, 0.5) is 0 Å². The fourth-order valence-corrected chi connectivity index (χ4v) is 2.47. The van der Waals surface area contributed by atoms with E-state index in [9.17, 15) is 0 Å². The molecule has 0 aliphatic rings. The van der Waals surface area contributed by atoms with Crippen LogP contribution in [0.5, 0.6) is 0 Å². The molecule has 0 unspecified atom stereocenters. The van der Waals surface area contributed by atoms with Gasteiger partial charge in [-0.3, -0.25) is 0 Å². The van der Waals surface area contributed by atoms with Gasteiger partial charge in [0.25, 0.3) is 0 Å². The molecule has 0 nitrogen and oxygen atoms in total. The molecule has 1 rings (SSSR count). The Morgan fingerprint density at radius 2 is 0.765 bits per heavy atom. The highest BCUT2D eigenvalue weighted by Crippen LogP contribution is 2.28. The van der Waals surface area contributed by atoms with Crippen LogP contribution in [0.2, 0.25) is 0 Å². The Morgan fingerprint density at radius 1 is 0.529 bits per heavy atom. The van der Waals surface area contributed by atoms with Crippen molar-refractivity contribution in [2.24, 2.45) is 0 Å². The van der Waals surface area contributed by atoms with Crippen LogP contribution in [0.15, 0.2) is 0 Å². The summed E-state index contributed by atoms with van der Waals surface area (Å²) in [6.07, 6.45) is 2.17. The Hall–Kier alpha value is -0.455. The number of hydrogen-bond donors (Lipinski definition) is 0. The zero-order valence-electron chi connectivity index (χ0n) is 10.4. The Labute approximate surface area is 111 Å². The molecule has 0 atom stereocenters. The molecule has 0 aliphatic heterocycles. The molecule has 1 aromatic rings. The number of hydrogen-bond acceptors (Lipinski definition) is 0. The summed E-state index contributed by atoms with van der Waals surface area (Å²) in [4.78, 5) is 0. The topological polar surface area (TPSA) is 0 Å². The predicted molar refractivity (Wildman–Crippen MR) is 78.5 cm³/mol. The second-order valence-corrected chi connectivity index (χ2v) is 4.04. The van der Waals surface area contributed by atoms with Gasteiger partial charge in [-0.2, -0.15) is 0 Å². The maximum Gasteiger partial charge on any atom is 0.0716 e. The van der Waals surface area contributed by atoms with Crippen LogP contribution in [0.3, 0.4) is 0 Å². The van der Waals surface area contributed by atoms with Gasteiger partial charge >= 0.3 is 0 Å². The molecule has 0 aromatic heterocycles. The van der Waals surface area contributed by atoms with E-state index in [2.05, 4.69) is 0 Å². The second kappa shape index (κ2) is 6.47. The van der Waals surface area contributed by atoms with Crippen molar-refractivity contribution in [3.05, 3.63) is 33.4 Å². The van der Waals surface area contributed by atoms with E-state index < -0.39 is 0 Å². The first-order valence-electron chi connectivity index (χ1n) is 5.81. The van der Waals surface area contributed by atoms with E-state index in [1.54, 1.807) is 0 Å². The van der Waals surface area contributed by atoms with Crippen molar-refractivity contribution < 1.29 is 0 Å². The Morgan fingerprint density at radius 3 is 1.00 bits per heavy atom. The lowest BCUT2D eigenvalue weighted by Crippen LogP contribution is -2.13. The van der Waals surface area contributed by atoms with E-state index in [1.165, 1.54) is 0 Å². The Balaban J connectivity index is 3.66. The zero-order chi connectivity index (χ0) is 13.0. The molecule has 17 heavy (non-hydrogen) atoms. The molecule has 0 saturated heterocycles. The van der Waals surface area contributed by atoms with Gasteiger partial charge in [-0.1, -0.05) is 59.4 Å². The fourth-order valence-electron chi connectivity index (χ4n) is 2.47. The van der Waals surface area contributed by atoms with Crippen LogP contribution in [-0.4, -0.2) is 39.2 Å². The van der Waals surface area contributed by atoms with E-state index in [-0.39, 0.29) is 0 Å². The number of benzene rings is 1. The summed E-state index contributed by atoms with van der Waals surface area (Å²) < 4.78 is 0. The lowest BCUT2D eigenvalue weighted by atomic mass is 9.71. The lowest BCUT2D eigenvalue weighted by molar-refractivity contribution is 1.07. The van der Waals surface area contributed by atoms with Gasteiger partial charge in [0.15, 0.2) is 0 Å². The summed E-state index contributed by atoms with van der Waals surface area (Å²) in [6.45, 7) is 2.02. The van der Waals surface area contributed by atoms with Crippen molar-refractivity contribution in [2.45, 2.75) is 38.5 Å². The SMILES string of the molecule is [B]Cc1c(C)c(C[B])c(C[B])c(C[B])c1C[B]. The van der Waals surface area contributed by atoms with Crippen LogP contribution >= 0.6 is 0 Å². The Kier molecular flexibility index (Phi) is 5.56. The first kappa shape index (κ1) is 14.6. The molecule has 0 spiro atoms. The molecule has 0 saturated carbocycles. The molecule has 0 N–H and O–H groups in total. The van der Waals surface area contributed by atoms with Crippen LogP contribution in [0.25, 0.3) is 0 Å². The maximum atomic E-state index is 5.81. The minimum Gasteiger partial charge on any atom is -0.0638 e. The number of rotatable bonds is 5. The molecule has 1 aromatic carbocycles. The maximum absolute atomic E-state index is 5.81. The molecular weight excluding hydrogens is 198 g/mol. The van der Waals surface area contributed by atoms with E-state index in [0.29, 0.717) is 31.6 Å². The second-order valence-electron chi connectivity index (χ2n) is 4.04. The summed E-state index contributed by atoms with van der Waals surface area (Å²) in [5, 5.41) is 0. The summed E-state index contributed by atoms with van der Waals surface area (Å²) in [7, 11) is 29.0. The largest absolute Gasteiger partial charge is 0.0716 e. The third-order valence-corrected chi connectivity index (χ3v) is 3.38. The highest BCUT2D eigenvalue weighted by Gasteiger charge is 2.15. The monoisotopic (exact) mass is 212 g/mol. The van der Waals surface area contributed by atoms with Gasteiger partial charge in [0.1, 0.15) is 0 Å². The van der Waals surface area contributed by atoms with Crippen LogP contribution < -0.4 is 0 Å². The average molecular weight is 211 g/mol. The minimum absolute atomic E-state index is 0.416. The summed E-state index contributed by atoms with van der Waals surface area (Å²) in [6, 6.07) is 0. The molecule has 76 valence electrons. The highest BCUT2D eigenvalue weighted by molar-refractivity contribution is 6.13. The molecular formula is C12H13B5. The normalized spacial score (nSPS) is 10.6. The van der Waals surface area contributed by atoms with Crippen molar-refractivity contribution in [3.63, 3.8) is 0 Å². The van der Waals surface area contributed by atoms with E-state index in [1.807, 2.05) is 6.92 Å². The van der Waals surface area contributed by atoms with Gasteiger partial charge in [0.2, 0.25) is 0 Å². The molecule has 0 heterocycles. The molecule has 0 amide bonds.